The average Bonchev–Trinajstić information content (AvgIpc) is 3.20. The monoisotopic (exact) mass is 447 g/mol. The first-order chi connectivity index (χ1) is 14.7. The Morgan fingerprint density at radius 1 is 1.23 bits per heavy atom. The van der Waals surface area contributed by atoms with Crippen molar-refractivity contribution in [2.75, 3.05) is 23.8 Å². The van der Waals surface area contributed by atoms with Gasteiger partial charge in [-0.3, -0.25) is 9.59 Å². The number of sulfonamides is 1. The minimum absolute atomic E-state index is 0.0278. The quantitative estimate of drug-likeness (QED) is 0.750. The van der Waals surface area contributed by atoms with E-state index in [9.17, 15) is 22.4 Å². The maximum Gasteiger partial charge on any atom is 0.262 e. The average molecular weight is 447 g/mol. The molecule has 0 aliphatic carbocycles. The maximum atomic E-state index is 13.4. The number of amides is 2. The molecule has 0 spiro atoms. The van der Waals surface area contributed by atoms with Crippen LogP contribution in [0.5, 0.6) is 5.75 Å². The largest absolute Gasteiger partial charge is 0.482 e. The van der Waals surface area contributed by atoms with Crippen molar-refractivity contribution in [3.05, 3.63) is 47.3 Å². The van der Waals surface area contributed by atoms with Crippen LogP contribution in [0.4, 0.5) is 15.8 Å². The van der Waals surface area contributed by atoms with Gasteiger partial charge in [-0.15, -0.1) is 0 Å². The molecule has 164 valence electrons. The Bertz CT molecular complexity index is 1180. The highest BCUT2D eigenvalue weighted by atomic mass is 32.2. The molecule has 1 fully saturated rings. The highest BCUT2D eigenvalue weighted by molar-refractivity contribution is 7.89. The molecule has 1 saturated heterocycles. The Hall–Kier alpha value is -2.98. The predicted octanol–water partition coefficient (Wildman–Crippen LogP) is 2.57. The zero-order valence-corrected chi connectivity index (χ0v) is 17.9. The fraction of sp³-hybridized carbons (Fsp3) is 0.333. The Balaban J connectivity index is 1.62. The van der Waals surface area contributed by atoms with Gasteiger partial charge in [-0.2, -0.15) is 4.31 Å². The van der Waals surface area contributed by atoms with Gasteiger partial charge < -0.3 is 15.4 Å². The molecule has 10 heteroatoms. The van der Waals surface area contributed by atoms with Crippen LogP contribution in [-0.4, -0.2) is 43.7 Å². The van der Waals surface area contributed by atoms with Gasteiger partial charge in [0.2, 0.25) is 15.9 Å². The molecule has 2 aromatic rings. The zero-order valence-electron chi connectivity index (χ0n) is 17.1. The normalized spacial score (nSPS) is 18.8. The molecule has 2 aliphatic heterocycles. The van der Waals surface area contributed by atoms with E-state index in [1.807, 2.05) is 0 Å². The smallest absolute Gasteiger partial charge is 0.262 e. The number of fused-ring (bicyclic) bond motifs is 1. The van der Waals surface area contributed by atoms with E-state index in [1.165, 1.54) is 28.6 Å². The maximum absolute atomic E-state index is 13.4. The van der Waals surface area contributed by atoms with Crippen molar-refractivity contribution < 1.29 is 27.1 Å². The summed E-state index contributed by atoms with van der Waals surface area (Å²) < 4.78 is 46.8. The van der Waals surface area contributed by atoms with E-state index in [-0.39, 0.29) is 29.7 Å². The number of ether oxygens (including phenoxy) is 1. The Kier molecular flexibility index (Phi) is 5.44. The highest BCUT2D eigenvalue weighted by Crippen LogP contribution is 2.36. The van der Waals surface area contributed by atoms with Crippen LogP contribution in [-0.2, 0) is 19.6 Å². The summed E-state index contributed by atoms with van der Waals surface area (Å²) in [6.07, 6.45) is 0.915. The van der Waals surface area contributed by atoms with E-state index in [0.717, 1.165) is 0 Å². The van der Waals surface area contributed by atoms with Gasteiger partial charge in [0.1, 0.15) is 17.6 Å². The van der Waals surface area contributed by atoms with Crippen molar-refractivity contribution in [1.82, 2.24) is 4.31 Å². The summed E-state index contributed by atoms with van der Waals surface area (Å²) >= 11 is 0. The third-order valence-electron chi connectivity index (χ3n) is 5.45. The molecular formula is C21H22FN3O5S. The molecule has 0 saturated carbocycles. The van der Waals surface area contributed by atoms with E-state index >= 15 is 0 Å². The third kappa shape index (κ3) is 4.00. The summed E-state index contributed by atoms with van der Waals surface area (Å²) in [6.45, 7) is 3.30. The summed E-state index contributed by atoms with van der Waals surface area (Å²) in [6, 6.07) is 6.04. The fourth-order valence-corrected chi connectivity index (χ4v) is 5.77. The van der Waals surface area contributed by atoms with E-state index < -0.39 is 27.8 Å². The summed E-state index contributed by atoms with van der Waals surface area (Å²) in [7, 11) is -4.00. The van der Waals surface area contributed by atoms with Gasteiger partial charge in [0.25, 0.3) is 5.91 Å². The van der Waals surface area contributed by atoms with Crippen molar-refractivity contribution in [2.24, 2.45) is 0 Å². The Morgan fingerprint density at radius 3 is 2.74 bits per heavy atom. The molecule has 31 heavy (non-hydrogen) atoms. The lowest BCUT2D eigenvalue weighted by Gasteiger charge is -2.26. The lowest BCUT2D eigenvalue weighted by atomic mass is 10.1. The SMILES string of the molecule is Cc1cc(F)ccc1NC(=O)[C@H]1CCCN1S(=O)(=O)c1cc2c(cc1C)NC(=O)CO2. The lowest BCUT2D eigenvalue weighted by molar-refractivity contribution is -0.119. The van der Waals surface area contributed by atoms with E-state index in [1.54, 1.807) is 19.9 Å². The summed E-state index contributed by atoms with van der Waals surface area (Å²) in [5.74, 6) is -0.919. The number of aryl methyl sites for hydroxylation is 2. The van der Waals surface area contributed by atoms with Gasteiger partial charge in [0.05, 0.1) is 10.6 Å². The van der Waals surface area contributed by atoms with E-state index in [0.29, 0.717) is 35.3 Å². The minimum atomic E-state index is -4.00. The van der Waals surface area contributed by atoms with Gasteiger partial charge in [-0.1, -0.05) is 0 Å². The van der Waals surface area contributed by atoms with Crippen LogP contribution in [0, 0.1) is 19.7 Å². The summed E-state index contributed by atoms with van der Waals surface area (Å²) in [4.78, 5) is 24.4. The molecule has 8 nitrogen and oxygen atoms in total. The number of benzene rings is 2. The second-order valence-corrected chi connectivity index (χ2v) is 9.53. The van der Waals surface area contributed by atoms with Crippen LogP contribution < -0.4 is 15.4 Å². The van der Waals surface area contributed by atoms with Crippen LogP contribution in [0.1, 0.15) is 24.0 Å². The number of carbonyl (C=O) groups excluding carboxylic acids is 2. The molecule has 2 aromatic carbocycles. The van der Waals surface area contributed by atoms with Crippen molar-refractivity contribution in [2.45, 2.75) is 37.6 Å². The van der Waals surface area contributed by atoms with Crippen LogP contribution in [0.2, 0.25) is 0 Å². The van der Waals surface area contributed by atoms with Gasteiger partial charge in [0, 0.05) is 18.3 Å². The first-order valence-corrected chi connectivity index (χ1v) is 11.3. The van der Waals surface area contributed by atoms with Gasteiger partial charge in [-0.25, -0.2) is 12.8 Å². The number of anilines is 2. The Morgan fingerprint density at radius 2 is 2.00 bits per heavy atom. The number of hydrogen-bond acceptors (Lipinski definition) is 5. The van der Waals surface area contributed by atoms with Crippen molar-refractivity contribution in [3.8, 4) is 5.75 Å². The second-order valence-electron chi connectivity index (χ2n) is 7.67. The molecule has 4 rings (SSSR count). The molecule has 2 heterocycles. The second kappa shape index (κ2) is 7.93. The lowest BCUT2D eigenvalue weighted by Crippen LogP contribution is -2.43. The number of carbonyl (C=O) groups is 2. The number of nitrogens with zero attached hydrogens (tertiary/aromatic N) is 1. The number of rotatable bonds is 4. The first-order valence-electron chi connectivity index (χ1n) is 9.83. The number of nitrogens with one attached hydrogen (secondary N) is 2. The number of halogens is 1. The van der Waals surface area contributed by atoms with Crippen molar-refractivity contribution >= 4 is 33.2 Å². The predicted molar refractivity (Wildman–Crippen MR) is 112 cm³/mol. The zero-order chi connectivity index (χ0) is 22.3. The topological polar surface area (TPSA) is 105 Å². The van der Waals surface area contributed by atoms with Crippen molar-refractivity contribution in [3.63, 3.8) is 0 Å². The summed E-state index contributed by atoms with van der Waals surface area (Å²) in [5.41, 5.74) is 1.83. The number of hydrogen-bond donors (Lipinski definition) is 2. The molecule has 1 atom stereocenters. The van der Waals surface area contributed by atoms with Crippen LogP contribution in [0.25, 0.3) is 0 Å². The fourth-order valence-electron chi connectivity index (χ4n) is 3.89. The molecule has 0 aromatic heterocycles. The molecule has 2 aliphatic rings. The first kappa shape index (κ1) is 21.3. The summed E-state index contributed by atoms with van der Waals surface area (Å²) in [5, 5.41) is 5.37. The van der Waals surface area contributed by atoms with E-state index in [4.69, 9.17) is 4.74 Å². The van der Waals surface area contributed by atoms with Crippen LogP contribution >= 0.6 is 0 Å². The molecule has 2 N–H and O–H groups in total. The molecule has 0 radical (unpaired) electrons. The van der Waals surface area contributed by atoms with Crippen LogP contribution in [0.3, 0.4) is 0 Å². The highest BCUT2D eigenvalue weighted by Gasteiger charge is 2.40. The van der Waals surface area contributed by atoms with Gasteiger partial charge in [-0.05, 0) is 62.1 Å². The van der Waals surface area contributed by atoms with Gasteiger partial charge >= 0.3 is 0 Å². The Labute approximate surface area is 179 Å². The molecule has 2 amide bonds. The van der Waals surface area contributed by atoms with E-state index in [2.05, 4.69) is 10.6 Å². The van der Waals surface area contributed by atoms with Gasteiger partial charge in [0.15, 0.2) is 6.61 Å². The van der Waals surface area contributed by atoms with Crippen molar-refractivity contribution in [1.29, 1.82) is 0 Å². The molecular weight excluding hydrogens is 425 g/mol. The van der Waals surface area contributed by atoms with Crippen LogP contribution in [0.15, 0.2) is 35.2 Å². The molecule has 0 bridgehead atoms. The molecule has 0 unspecified atom stereocenters. The standard InChI is InChI=1S/C21H22FN3O5S/c1-12-8-14(22)5-6-15(12)24-21(27)17-4-3-7-25(17)31(28,29)19-10-18-16(9-13(19)2)23-20(26)11-30-18/h5-6,8-10,17H,3-4,7,11H2,1-2H3,(H,23,26)(H,24,27)/t17-/m1/s1. The minimum Gasteiger partial charge on any atom is -0.482 e. The third-order valence-corrected chi connectivity index (χ3v) is 7.50.